The SMILES string of the molecule is C/C=C/c1cn(-c2ccccc2Cl)c(=O)c2ccccc12. The van der Waals surface area contributed by atoms with Gasteiger partial charge in [-0.15, -0.1) is 0 Å². The number of nitrogens with zero attached hydrogens (tertiary/aromatic N) is 1. The summed E-state index contributed by atoms with van der Waals surface area (Å²) in [6.07, 6.45) is 5.80. The van der Waals surface area contributed by atoms with Gasteiger partial charge in [-0.3, -0.25) is 9.36 Å². The number of hydrogen-bond acceptors (Lipinski definition) is 1. The van der Waals surface area contributed by atoms with Gasteiger partial charge in [0, 0.05) is 11.6 Å². The molecular formula is C18H14ClNO. The summed E-state index contributed by atoms with van der Waals surface area (Å²) in [5, 5.41) is 2.19. The van der Waals surface area contributed by atoms with Crippen LogP contribution in [0.25, 0.3) is 22.5 Å². The molecule has 3 aromatic rings. The molecule has 0 saturated carbocycles. The Bertz CT molecular complexity index is 893. The Morgan fingerprint density at radius 1 is 1.00 bits per heavy atom. The topological polar surface area (TPSA) is 22.0 Å². The van der Waals surface area contributed by atoms with Crippen LogP contribution in [0.2, 0.25) is 5.02 Å². The molecule has 0 aliphatic rings. The van der Waals surface area contributed by atoms with Crippen LogP contribution in [0, 0.1) is 0 Å². The number of fused-ring (bicyclic) bond motifs is 1. The number of halogens is 1. The summed E-state index contributed by atoms with van der Waals surface area (Å²) in [5.74, 6) is 0. The van der Waals surface area contributed by atoms with E-state index < -0.39 is 0 Å². The number of hydrogen-bond donors (Lipinski definition) is 0. The van der Waals surface area contributed by atoms with Crippen molar-refractivity contribution in [1.29, 1.82) is 0 Å². The molecule has 1 heterocycles. The minimum Gasteiger partial charge on any atom is -0.282 e. The summed E-state index contributed by atoms with van der Waals surface area (Å²) in [5.41, 5.74) is 1.63. The summed E-state index contributed by atoms with van der Waals surface area (Å²) in [4.78, 5) is 12.7. The van der Waals surface area contributed by atoms with E-state index in [1.165, 1.54) is 0 Å². The molecule has 0 atom stereocenters. The first-order valence-corrected chi connectivity index (χ1v) is 7.12. The first kappa shape index (κ1) is 13.7. The lowest BCUT2D eigenvalue weighted by molar-refractivity contribution is 1.01. The number of para-hydroxylation sites is 1. The highest BCUT2D eigenvalue weighted by Gasteiger charge is 2.10. The molecule has 0 N–H and O–H groups in total. The third-order valence-electron chi connectivity index (χ3n) is 3.41. The maximum atomic E-state index is 12.7. The van der Waals surface area contributed by atoms with E-state index in [4.69, 9.17) is 11.6 Å². The molecule has 0 spiro atoms. The second-order valence-electron chi connectivity index (χ2n) is 4.76. The van der Waals surface area contributed by atoms with Crippen LogP contribution in [0.1, 0.15) is 12.5 Å². The van der Waals surface area contributed by atoms with Gasteiger partial charge in [0.25, 0.3) is 5.56 Å². The Kier molecular flexibility index (Phi) is 3.63. The molecule has 2 aromatic carbocycles. The Morgan fingerprint density at radius 2 is 1.67 bits per heavy atom. The van der Waals surface area contributed by atoms with E-state index in [9.17, 15) is 4.79 Å². The van der Waals surface area contributed by atoms with Crippen molar-refractivity contribution in [2.45, 2.75) is 6.92 Å². The lowest BCUT2D eigenvalue weighted by Crippen LogP contribution is -2.18. The van der Waals surface area contributed by atoms with E-state index in [-0.39, 0.29) is 5.56 Å². The number of pyridine rings is 1. The quantitative estimate of drug-likeness (QED) is 0.673. The molecule has 0 radical (unpaired) electrons. The molecule has 2 nitrogen and oxygen atoms in total. The van der Waals surface area contributed by atoms with Crippen LogP contribution in [0.5, 0.6) is 0 Å². The van der Waals surface area contributed by atoms with Crippen molar-refractivity contribution < 1.29 is 0 Å². The van der Waals surface area contributed by atoms with Gasteiger partial charge in [0.2, 0.25) is 0 Å². The maximum Gasteiger partial charge on any atom is 0.263 e. The molecule has 1 aromatic heterocycles. The van der Waals surface area contributed by atoms with Crippen molar-refractivity contribution in [3.8, 4) is 5.69 Å². The van der Waals surface area contributed by atoms with E-state index >= 15 is 0 Å². The zero-order valence-corrected chi connectivity index (χ0v) is 12.3. The van der Waals surface area contributed by atoms with Crippen LogP contribution in [0.3, 0.4) is 0 Å². The zero-order chi connectivity index (χ0) is 14.8. The monoisotopic (exact) mass is 295 g/mol. The second kappa shape index (κ2) is 5.58. The Labute approximate surface area is 127 Å². The fourth-order valence-electron chi connectivity index (χ4n) is 2.46. The lowest BCUT2D eigenvalue weighted by Gasteiger charge is -2.11. The van der Waals surface area contributed by atoms with Gasteiger partial charge in [-0.05, 0) is 36.1 Å². The fraction of sp³-hybridized carbons (Fsp3) is 0.0556. The summed E-state index contributed by atoms with van der Waals surface area (Å²) < 4.78 is 1.61. The van der Waals surface area contributed by atoms with Crippen LogP contribution >= 0.6 is 11.6 Å². The minimum atomic E-state index is -0.0630. The molecule has 3 heteroatoms. The average molecular weight is 296 g/mol. The van der Waals surface area contributed by atoms with Gasteiger partial charge in [0.15, 0.2) is 0 Å². The van der Waals surface area contributed by atoms with Gasteiger partial charge in [-0.2, -0.15) is 0 Å². The van der Waals surface area contributed by atoms with Crippen LogP contribution < -0.4 is 5.56 Å². The van der Waals surface area contributed by atoms with Gasteiger partial charge in [0.1, 0.15) is 0 Å². The van der Waals surface area contributed by atoms with E-state index in [0.717, 1.165) is 10.9 Å². The molecule has 0 bridgehead atoms. The predicted octanol–water partition coefficient (Wildman–Crippen LogP) is 4.68. The molecule has 21 heavy (non-hydrogen) atoms. The van der Waals surface area contributed by atoms with E-state index in [0.29, 0.717) is 16.1 Å². The van der Waals surface area contributed by atoms with Gasteiger partial charge < -0.3 is 0 Å². The molecular weight excluding hydrogens is 282 g/mol. The van der Waals surface area contributed by atoms with Crippen molar-refractivity contribution in [2.24, 2.45) is 0 Å². The first-order valence-electron chi connectivity index (χ1n) is 6.74. The van der Waals surface area contributed by atoms with Crippen molar-refractivity contribution in [3.05, 3.63) is 81.7 Å². The molecule has 0 fully saturated rings. The van der Waals surface area contributed by atoms with Crippen LogP contribution in [-0.4, -0.2) is 4.57 Å². The Morgan fingerprint density at radius 3 is 2.38 bits per heavy atom. The third-order valence-corrected chi connectivity index (χ3v) is 3.73. The molecule has 0 aliphatic heterocycles. The number of benzene rings is 2. The normalized spacial score (nSPS) is 11.3. The number of rotatable bonds is 2. The van der Waals surface area contributed by atoms with E-state index in [1.54, 1.807) is 10.6 Å². The highest BCUT2D eigenvalue weighted by molar-refractivity contribution is 6.32. The highest BCUT2D eigenvalue weighted by atomic mass is 35.5. The average Bonchev–Trinajstić information content (AvgIpc) is 2.51. The molecule has 0 saturated heterocycles. The van der Waals surface area contributed by atoms with Crippen molar-refractivity contribution in [3.63, 3.8) is 0 Å². The van der Waals surface area contributed by atoms with Gasteiger partial charge in [-0.1, -0.05) is 54.1 Å². The Balaban J connectivity index is 2.42. The number of allylic oxidation sites excluding steroid dienone is 1. The van der Waals surface area contributed by atoms with Crippen molar-refractivity contribution in [1.82, 2.24) is 4.57 Å². The van der Waals surface area contributed by atoms with Crippen molar-refractivity contribution in [2.75, 3.05) is 0 Å². The fourth-order valence-corrected chi connectivity index (χ4v) is 2.68. The molecule has 0 unspecified atom stereocenters. The van der Waals surface area contributed by atoms with E-state index in [2.05, 4.69) is 0 Å². The zero-order valence-electron chi connectivity index (χ0n) is 11.6. The summed E-state index contributed by atoms with van der Waals surface area (Å²) >= 11 is 6.23. The summed E-state index contributed by atoms with van der Waals surface area (Å²) in [6, 6.07) is 15.0. The number of aromatic nitrogens is 1. The molecule has 104 valence electrons. The van der Waals surface area contributed by atoms with Gasteiger partial charge >= 0.3 is 0 Å². The second-order valence-corrected chi connectivity index (χ2v) is 5.16. The molecule has 0 aliphatic carbocycles. The molecule has 3 rings (SSSR count). The van der Waals surface area contributed by atoms with Crippen LogP contribution in [0.15, 0.2) is 65.6 Å². The van der Waals surface area contributed by atoms with E-state index in [1.807, 2.05) is 67.7 Å². The summed E-state index contributed by atoms with van der Waals surface area (Å²) in [7, 11) is 0. The maximum absolute atomic E-state index is 12.7. The van der Waals surface area contributed by atoms with Gasteiger partial charge in [-0.25, -0.2) is 0 Å². The highest BCUT2D eigenvalue weighted by Crippen LogP contribution is 2.22. The minimum absolute atomic E-state index is 0.0630. The smallest absolute Gasteiger partial charge is 0.263 e. The Hall–Kier alpha value is -2.32. The first-order chi connectivity index (χ1) is 10.2. The summed E-state index contributed by atoms with van der Waals surface area (Å²) in [6.45, 7) is 1.96. The largest absolute Gasteiger partial charge is 0.282 e. The standard InChI is InChI=1S/C18H14ClNO/c1-2-7-13-12-20(17-11-6-5-10-16(17)19)18(21)15-9-4-3-8-14(13)15/h2-12H,1H3/b7-2+. The molecule has 0 amide bonds. The third kappa shape index (κ3) is 2.39. The van der Waals surface area contributed by atoms with Crippen LogP contribution in [-0.2, 0) is 0 Å². The van der Waals surface area contributed by atoms with Crippen LogP contribution in [0.4, 0.5) is 0 Å². The van der Waals surface area contributed by atoms with Crippen molar-refractivity contribution >= 4 is 28.4 Å². The van der Waals surface area contributed by atoms with Gasteiger partial charge in [0.05, 0.1) is 10.7 Å². The lowest BCUT2D eigenvalue weighted by atomic mass is 10.1. The predicted molar refractivity (Wildman–Crippen MR) is 89.3 cm³/mol.